The Morgan fingerprint density at radius 2 is 1.85 bits per heavy atom. The number of carbonyl (C=O) groups excluding carboxylic acids is 2. The Labute approximate surface area is 148 Å². The highest BCUT2D eigenvalue weighted by molar-refractivity contribution is 6.05. The van der Waals surface area contributed by atoms with Crippen LogP contribution in [0.2, 0.25) is 0 Å². The minimum atomic E-state index is -0.636. The molecule has 0 unspecified atom stereocenters. The van der Waals surface area contributed by atoms with Gasteiger partial charge in [0.15, 0.2) is 0 Å². The van der Waals surface area contributed by atoms with Crippen LogP contribution in [0.1, 0.15) is 21.0 Å². The molecular weight excluding hydrogens is 338 g/mol. The van der Waals surface area contributed by atoms with Crippen LogP contribution in [0.3, 0.4) is 0 Å². The predicted molar refractivity (Wildman–Crippen MR) is 92.0 cm³/mol. The van der Waals surface area contributed by atoms with Crippen molar-refractivity contribution < 1.29 is 23.5 Å². The van der Waals surface area contributed by atoms with Gasteiger partial charge in [-0.1, -0.05) is 18.2 Å². The zero-order valence-corrected chi connectivity index (χ0v) is 14.1. The Hall–Kier alpha value is -3.68. The number of hydrogen-bond acceptors (Lipinski definition) is 7. The molecule has 0 aliphatic carbocycles. The number of rotatable bonds is 5. The van der Waals surface area contributed by atoms with E-state index < -0.39 is 11.9 Å². The third-order valence-corrected chi connectivity index (χ3v) is 3.52. The Bertz CT molecular complexity index is 951. The molecular formula is C18H15N3O5. The van der Waals surface area contributed by atoms with Gasteiger partial charge in [0.25, 0.3) is 0 Å². The van der Waals surface area contributed by atoms with Crippen molar-refractivity contribution in [2.75, 3.05) is 19.5 Å². The van der Waals surface area contributed by atoms with Gasteiger partial charge in [0.1, 0.15) is 5.75 Å². The molecule has 0 aliphatic rings. The summed E-state index contributed by atoms with van der Waals surface area (Å²) >= 11 is 0. The number of amides is 1. The summed E-state index contributed by atoms with van der Waals surface area (Å²) in [6.07, 6.45) is 0. The third kappa shape index (κ3) is 3.54. The summed E-state index contributed by atoms with van der Waals surface area (Å²) in [5, 5.41) is 10.2. The Kier molecular flexibility index (Phi) is 4.93. The van der Waals surface area contributed by atoms with Gasteiger partial charge in [-0.2, -0.15) is 0 Å². The van der Waals surface area contributed by atoms with Crippen LogP contribution in [0.15, 0.2) is 52.9 Å². The molecule has 0 spiro atoms. The SMILES string of the molecule is COC(=O)c1ccccc1NC(=O)c1nnc(-c2cccc(OC)c2)o1. The van der Waals surface area contributed by atoms with Gasteiger partial charge >= 0.3 is 17.8 Å². The number of carbonyl (C=O) groups is 2. The number of nitrogens with one attached hydrogen (secondary N) is 1. The minimum Gasteiger partial charge on any atom is -0.497 e. The van der Waals surface area contributed by atoms with E-state index >= 15 is 0 Å². The van der Waals surface area contributed by atoms with Crippen LogP contribution < -0.4 is 10.1 Å². The first-order valence-electron chi connectivity index (χ1n) is 7.59. The highest BCUT2D eigenvalue weighted by atomic mass is 16.5. The summed E-state index contributed by atoms with van der Waals surface area (Å²) < 4.78 is 15.3. The van der Waals surface area contributed by atoms with Crippen molar-refractivity contribution in [3.8, 4) is 17.2 Å². The zero-order valence-electron chi connectivity index (χ0n) is 14.1. The molecule has 8 heteroatoms. The van der Waals surface area contributed by atoms with E-state index in [4.69, 9.17) is 13.9 Å². The van der Waals surface area contributed by atoms with E-state index in [9.17, 15) is 9.59 Å². The summed E-state index contributed by atoms with van der Waals surface area (Å²) in [5.74, 6) is -0.636. The monoisotopic (exact) mass is 353 g/mol. The van der Waals surface area contributed by atoms with Crippen molar-refractivity contribution >= 4 is 17.6 Å². The standard InChI is InChI=1S/C18H15N3O5/c1-24-12-7-5-6-11(10-12)16-20-21-17(26-16)15(22)19-14-9-4-3-8-13(14)18(23)25-2/h3-10H,1-2H3,(H,19,22). The van der Waals surface area contributed by atoms with E-state index in [2.05, 4.69) is 15.5 Å². The number of hydrogen-bond donors (Lipinski definition) is 1. The molecule has 0 radical (unpaired) electrons. The van der Waals surface area contributed by atoms with E-state index in [1.165, 1.54) is 13.2 Å². The number of ether oxygens (including phenoxy) is 2. The quantitative estimate of drug-likeness (QED) is 0.703. The molecule has 0 aliphatic heterocycles. The van der Waals surface area contributed by atoms with Gasteiger partial charge in [0.2, 0.25) is 5.89 Å². The van der Waals surface area contributed by atoms with Crippen molar-refractivity contribution in [2.24, 2.45) is 0 Å². The zero-order chi connectivity index (χ0) is 18.5. The van der Waals surface area contributed by atoms with Crippen LogP contribution in [0, 0.1) is 0 Å². The van der Waals surface area contributed by atoms with Crippen molar-refractivity contribution in [1.82, 2.24) is 10.2 Å². The van der Waals surface area contributed by atoms with Gasteiger partial charge in [-0.05, 0) is 30.3 Å². The van der Waals surface area contributed by atoms with Crippen LogP contribution in [0.25, 0.3) is 11.5 Å². The fourth-order valence-electron chi connectivity index (χ4n) is 2.24. The Morgan fingerprint density at radius 3 is 2.62 bits per heavy atom. The fraction of sp³-hybridized carbons (Fsp3) is 0.111. The maximum absolute atomic E-state index is 12.4. The lowest BCUT2D eigenvalue weighted by molar-refractivity contribution is 0.0602. The second-order valence-electron chi connectivity index (χ2n) is 5.14. The van der Waals surface area contributed by atoms with Crippen molar-refractivity contribution in [3.05, 3.63) is 60.0 Å². The molecule has 0 bridgehead atoms. The summed E-state index contributed by atoms with van der Waals surface area (Å²) in [6.45, 7) is 0. The van der Waals surface area contributed by atoms with E-state index in [1.54, 1.807) is 49.6 Å². The topological polar surface area (TPSA) is 104 Å². The maximum atomic E-state index is 12.4. The molecule has 1 amide bonds. The molecule has 0 saturated carbocycles. The average Bonchev–Trinajstić information content (AvgIpc) is 3.18. The lowest BCUT2D eigenvalue weighted by atomic mass is 10.2. The summed E-state index contributed by atoms with van der Waals surface area (Å²) in [4.78, 5) is 24.1. The lowest BCUT2D eigenvalue weighted by Crippen LogP contribution is -2.15. The van der Waals surface area contributed by atoms with Crippen molar-refractivity contribution in [2.45, 2.75) is 0 Å². The maximum Gasteiger partial charge on any atom is 0.339 e. The van der Waals surface area contributed by atoms with Crippen LogP contribution in [0.5, 0.6) is 5.75 Å². The fourth-order valence-corrected chi connectivity index (χ4v) is 2.24. The molecule has 0 fully saturated rings. The van der Waals surface area contributed by atoms with E-state index in [0.29, 0.717) is 11.3 Å². The van der Waals surface area contributed by atoms with E-state index in [0.717, 1.165) is 0 Å². The van der Waals surface area contributed by atoms with Gasteiger partial charge < -0.3 is 19.2 Å². The number of nitrogens with zero attached hydrogens (tertiary/aromatic N) is 2. The van der Waals surface area contributed by atoms with Crippen LogP contribution in [-0.2, 0) is 4.74 Å². The smallest absolute Gasteiger partial charge is 0.339 e. The summed E-state index contributed by atoms with van der Waals surface area (Å²) in [5.41, 5.74) is 1.12. The highest BCUT2D eigenvalue weighted by Crippen LogP contribution is 2.23. The van der Waals surface area contributed by atoms with Gasteiger partial charge in [-0.3, -0.25) is 4.79 Å². The first-order valence-corrected chi connectivity index (χ1v) is 7.59. The summed E-state index contributed by atoms with van der Waals surface area (Å²) in [6, 6.07) is 13.5. The van der Waals surface area contributed by atoms with Gasteiger partial charge in [0, 0.05) is 5.56 Å². The molecule has 26 heavy (non-hydrogen) atoms. The van der Waals surface area contributed by atoms with Gasteiger partial charge in [-0.15, -0.1) is 10.2 Å². The molecule has 1 heterocycles. The number of para-hydroxylation sites is 1. The molecule has 132 valence electrons. The second-order valence-corrected chi connectivity index (χ2v) is 5.14. The number of benzene rings is 2. The van der Waals surface area contributed by atoms with E-state index in [1.807, 2.05) is 0 Å². The molecule has 3 rings (SSSR count). The minimum absolute atomic E-state index is 0.176. The normalized spacial score (nSPS) is 10.2. The number of aromatic nitrogens is 2. The summed E-state index contributed by atoms with van der Waals surface area (Å²) in [7, 11) is 2.81. The van der Waals surface area contributed by atoms with Gasteiger partial charge in [-0.25, -0.2) is 4.79 Å². The lowest BCUT2D eigenvalue weighted by Gasteiger charge is -2.07. The van der Waals surface area contributed by atoms with Crippen LogP contribution in [-0.4, -0.2) is 36.3 Å². The first kappa shape index (κ1) is 17.2. The average molecular weight is 353 g/mol. The third-order valence-electron chi connectivity index (χ3n) is 3.52. The van der Waals surface area contributed by atoms with Crippen LogP contribution >= 0.6 is 0 Å². The Morgan fingerprint density at radius 1 is 1.04 bits per heavy atom. The second kappa shape index (κ2) is 7.47. The van der Waals surface area contributed by atoms with Gasteiger partial charge in [0.05, 0.1) is 25.5 Å². The molecule has 0 atom stereocenters. The number of methoxy groups -OCH3 is 2. The Balaban J connectivity index is 1.82. The molecule has 0 saturated heterocycles. The largest absolute Gasteiger partial charge is 0.497 e. The van der Waals surface area contributed by atoms with Crippen molar-refractivity contribution in [3.63, 3.8) is 0 Å². The van der Waals surface area contributed by atoms with Crippen molar-refractivity contribution in [1.29, 1.82) is 0 Å². The van der Waals surface area contributed by atoms with Crippen LogP contribution in [0.4, 0.5) is 5.69 Å². The van der Waals surface area contributed by atoms with E-state index in [-0.39, 0.29) is 23.0 Å². The number of anilines is 1. The molecule has 2 aromatic carbocycles. The first-order chi connectivity index (χ1) is 12.6. The molecule has 3 aromatic rings. The predicted octanol–water partition coefficient (Wildman–Crippen LogP) is 2.78. The molecule has 1 N–H and O–H groups in total. The number of esters is 1. The highest BCUT2D eigenvalue weighted by Gasteiger charge is 2.19. The molecule has 8 nitrogen and oxygen atoms in total. The molecule has 1 aromatic heterocycles.